The molecule has 1 aromatic heterocycles. The van der Waals surface area contributed by atoms with Crippen molar-refractivity contribution in [3.8, 4) is 17.1 Å². The quantitative estimate of drug-likeness (QED) is 0.816. The van der Waals surface area contributed by atoms with Crippen molar-refractivity contribution in [2.45, 2.75) is 32.9 Å². The Balaban J connectivity index is 2.34. The molecule has 0 fully saturated rings. The van der Waals surface area contributed by atoms with Crippen molar-refractivity contribution in [1.29, 1.82) is 0 Å². The van der Waals surface area contributed by atoms with Crippen LogP contribution in [-0.4, -0.2) is 39.5 Å². The number of nitrogens with zero attached hydrogens (tertiary/aromatic N) is 4. The molecule has 0 radical (unpaired) electrons. The number of rotatable bonds is 6. The Hall–Kier alpha value is -2.15. The van der Waals surface area contributed by atoms with Gasteiger partial charge in [0.15, 0.2) is 5.82 Å². The van der Waals surface area contributed by atoms with E-state index in [0.717, 1.165) is 5.56 Å². The van der Waals surface area contributed by atoms with E-state index in [0.29, 0.717) is 30.4 Å². The highest BCUT2D eigenvalue weighted by atomic mass is 16.5. The minimum absolute atomic E-state index is 0.358. The van der Waals surface area contributed by atoms with Gasteiger partial charge in [-0.15, -0.1) is 5.10 Å². The summed E-state index contributed by atoms with van der Waals surface area (Å²) >= 11 is 0. The van der Waals surface area contributed by atoms with Crippen LogP contribution in [-0.2, 0) is 11.3 Å². The highest BCUT2D eigenvalue weighted by Gasteiger charge is 2.22. The summed E-state index contributed by atoms with van der Waals surface area (Å²) in [6.07, 6.45) is 0. The first-order chi connectivity index (χ1) is 9.95. The first kappa shape index (κ1) is 15.2. The van der Waals surface area contributed by atoms with Crippen LogP contribution in [0.25, 0.3) is 11.4 Å². The molecule has 0 spiro atoms. The molecule has 0 aliphatic rings. The molecule has 2 aromatic rings. The van der Waals surface area contributed by atoms with Gasteiger partial charge >= 0.3 is 0 Å². The maximum Gasteiger partial charge on any atom is 0.182 e. The van der Waals surface area contributed by atoms with E-state index in [1.165, 1.54) is 0 Å². The third-order valence-corrected chi connectivity index (χ3v) is 3.02. The Bertz CT molecular complexity index is 609. The second kappa shape index (κ2) is 6.09. The van der Waals surface area contributed by atoms with Crippen molar-refractivity contribution in [1.82, 2.24) is 20.2 Å². The van der Waals surface area contributed by atoms with Crippen LogP contribution in [0.1, 0.15) is 20.8 Å². The maximum absolute atomic E-state index is 5.88. The van der Waals surface area contributed by atoms with E-state index in [1.54, 1.807) is 17.9 Å². The van der Waals surface area contributed by atoms with Crippen molar-refractivity contribution in [3.05, 3.63) is 18.2 Å². The lowest BCUT2D eigenvalue weighted by Gasteiger charge is -2.24. The zero-order valence-corrected chi connectivity index (χ0v) is 12.8. The molecule has 0 aliphatic heterocycles. The highest BCUT2D eigenvalue weighted by Crippen LogP contribution is 2.26. The number of aromatic nitrogens is 4. The van der Waals surface area contributed by atoms with Crippen molar-refractivity contribution < 1.29 is 9.47 Å². The molecule has 21 heavy (non-hydrogen) atoms. The van der Waals surface area contributed by atoms with Crippen molar-refractivity contribution in [2.75, 3.05) is 19.5 Å². The fourth-order valence-corrected chi connectivity index (χ4v) is 2.18. The number of tetrazole rings is 1. The van der Waals surface area contributed by atoms with Crippen molar-refractivity contribution in [2.24, 2.45) is 0 Å². The lowest BCUT2D eigenvalue weighted by atomic mass is 10.1. The molecular weight excluding hydrogens is 270 g/mol. The average Bonchev–Trinajstić information content (AvgIpc) is 2.85. The molecule has 7 nitrogen and oxygen atoms in total. The van der Waals surface area contributed by atoms with Crippen LogP contribution in [0.4, 0.5) is 5.69 Å². The summed E-state index contributed by atoms with van der Waals surface area (Å²) in [7, 11) is 1.60. The number of anilines is 1. The molecule has 1 aromatic carbocycles. The van der Waals surface area contributed by atoms with E-state index in [1.807, 2.05) is 32.9 Å². The first-order valence-corrected chi connectivity index (χ1v) is 6.80. The highest BCUT2D eigenvalue weighted by molar-refractivity contribution is 5.64. The summed E-state index contributed by atoms with van der Waals surface area (Å²) in [6.45, 7) is 7.14. The minimum Gasteiger partial charge on any atom is -0.497 e. The smallest absolute Gasteiger partial charge is 0.182 e. The lowest BCUT2D eigenvalue weighted by molar-refractivity contribution is -0.0246. The summed E-state index contributed by atoms with van der Waals surface area (Å²) in [5.74, 6) is 1.30. The Morgan fingerprint density at radius 2 is 2.05 bits per heavy atom. The Morgan fingerprint density at radius 1 is 1.29 bits per heavy atom. The monoisotopic (exact) mass is 291 g/mol. The van der Waals surface area contributed by atoms with Crippen LogP contribution in [0.2, 0.25) is 0 Å². The summed E-state index contributed by atoms with van der Waals surface area (Å²) in [5, 5.41) is 11.9. The van der Waals surface area contributed by atoms with Crippen LogP contribution in [0.3, 0.4) is 0 Å². The van der Waals surface area contributed by atoms with E-state index in [2.05, 4.69) is 15.5 Å². The van der Waals surface area contributed by atoms with Crippen LogP contribution >= 0.6 is 0 Å². The van der Waals surface area contributed by atoms with Gasteiger partial charge in [-0.25, -0.2) is 4.68 Å². The molecule has 0 unspecified atom stereocenters. The van der Waals surface area contributed by atoms with E-state index in [4.69, 9.17) is 15.2 Å². The Morgan fingerprint density at radius 3 is 2.71 bits per heavy atom. The maximum atomic E-state index is 5.88. The molecule has 2 N–H and O–H groups in total. The molecule has 0 amide bonds. The van der Waals surface area contributed by atoms with Gasteiger partial charge in [-0.3, -0.25) is 0 Å². The molecule has 114 valence electrons. The SMILES string of the molecule is CCOC(C)(C)Cn1nnnc1-c1cc(N)cc(OC)c1. The molecule has 0 saturated heterocycles. The zero-order chi connectivity index (χ0) is 15.5. The lowest BCUT2D eigenvalue weighted by Crippen LogP contribution is -2.31. The third kappa shape index (κ3) is 3.69. The summed E-state index contributed by atoms with van der Waals surface area (Å²) in [6, 6.07) is 5.42. The van der Waals surface area contributed by atoms with E-state index in [9.17, 15) is 0 Å². The first-order valence-electron chi connectivity index (χ1n) is 6.80. The number of hydrogen-bond acceptors (Lipinski definition) is 6. The molecule has 0 atom stereocenters. The number of nitrogen functional groups attached to an aromatic ring is 1. The molecule has 2 rings (SSSR count). The van der Waals surface area contributed by atoms with E-state index < -0.39 is 0 Å². The number of ether oxygens (including phenoxy) is 2. The molecule has 1 heterocycles. The van der Waals surface area contributed by atoms with Gasteiger partial charge in [-0.1, -0.05) is 0 Å². The second-order valence-corrected chi connectivity index (χ2v) is 5.35. The standard InChI is InChI=1S/C14H21N5O2/c1-5-21-14(2,3)9-19-13(16-17-18-19)10-6-11(15)8-12(7-10)20-4/h6-8H,5,9,15H2,1-4H3. The molecule has 0 saturated carbocycles. The topological polar surface area (TPSA) is 88.1 Å². The van der Waals surface area contributed by atoms with Crippen LogP contribution in [0, 0.1) is 0 Å². The van der Waals surface area contributed by atoms with Gasteiger partial charge in [0.2, 0.25) is 0 Å². The number of benzene rings is 1. The van der Waals surface area contributed by atoms with Gasteiger partial charge in [0.05, 0.1) is 19.3 Å². The Labute approximate surface area is 124 Å². The fraction of sp³-hybridized carbons (Fsp3) is 0.500. The van der Waals surface area contributed by atoms with Crippen molar-refractivity contribution in [3.63, 3.8) is 0 Å². The molecular formula is C14H21N5O2. The average molecular weight is 291 g/mol. The van der Waals surface area contributed by atoms with Gasteiger partial charge in [0.1, 0.15) is 5.75 Å². The summed E-state index contributed by atoms with van der Waals surface area (Å²) in [4.78, 5) is 0. The molecule has 7 heteroatoms. The van der Waals surface area contributed by atoms with Crippen LogP contribution < -0.4 is 10.5 Å². The van der Waals surface area contributed by atoms with Gasteiger partial charge < -0.3 is 15.2 Å². The van der Waals surface area contributed by atoms with Crippen molar-refractivity contribution >= 4 is 5.69 Å². The second-order valence-electron chi connectivity index (χ2n) is 5.35. The number of nitrogens with two attached hydrogens (primary N) is 1. The minimum atomic E-state index is -0.358. The number of hydrogen-bond donors (Lipinski definition) is 1. The molecule has 0 aliphatic carbocycles. The Kier molecular flexibility index (Phi) is 4.42. The predicted molar refractivity (Wildman–Crippen MR) is 79.9 cm³/mol. The van der Waals surface area contributed by atoms with Gasteiger partial charge in [0, 0.05) is 23.9 Å². The summed E-state index contributed by atoms with van der Waals surface area (Å²) in [5.41, 5.74) is 6.94. The van der Waals surface area contributed by atoms with Crippen LogP contribution in [0.5, 0.6) is 5.75 Å². The zero-order valence-electron chi connectivity index (χ0n) is 12.8. The largest absolute Gasteiger partial charge is 0.497 e. The van der Waals surface area contributed by atoms with Gasteiger partial charge in [0.25, 0.3) is 0 Å². The van der Waals surface area contributed by atoms with Gasteiger partial charge in [-0.2, -0.15) is 0 Å². The predicted octanol–water partition coefficient (Wildman–Crippen LogP) is 1.75. The fourth-order valence-electron chi connectivity index (χ4n) is 2.18. The summed E-state index contributed by atoms with van der Waals surface area (Å²) < 4.78 is 12.6. The normalized spacial score (nSPS) is 11.6. The van der Waals surface area contributed by atoms with Crippen LogP contribution in [0.15, 0.2) is 18.2 Å². The van der Waals surface area contributed by atoms with Gasteiger partial charge in [-0.05, 0) is 43.3 Å². The van der Waals surface area contributed by atoms with E-state index in [-0.39, 0.29) is 5.60 Å². The molecule has 0 bridgehead atoms. The number of methoxy groups -OCH3 is 1. The van der Waals surface area contributed by atoms with E-state index >= 15 is 0 Å². The third-order valence-electron chi connectivity index (χ3n) is 3.02.